The number of nitrogens with zero attached hydrogens (tertiary/aromatic N) is 4. The summed E-state index contributed by atoms with van der Waals surface area (Å²) in [6, 6.07) is 12.1. The first-order valence-corrected chi connectivity index (χ1v) is 18.1. The Bertz CT molecular complexity index is 1510. The molecule has 3 heterocycles. The number of nitrogens with one attached hydrogen (secondary N) is 1. The molecule has 6 fully saturated rings. The summed E-state index contributed by atoms with van der Waals surface area (Å²) in [5.74, 6) is 0.219. The van der Waals surface area contributed by atoms with Crippen molar-refractivity contribution in [1.29, 1.82) is 5.26 Å². The number of amides is 3. The average Bonchev–Trinajstić information content (AvgIpc) is 3.73. The summed E-state index contributed by atoms with van der Waals surface area (Å²) in [6.07, 6.45) is 4.13. The number of ether oxygens (including phenoxy) is 2. The third-order valence-corrected chi connectivity index (χ3v) is 12.3. The molecule has 6 atom stereocenters. The zero-order valence-electron chi connectivity index (χ0n) is 30.4. The van der Waals surface area contributed by atoms with Crippen LogP contribution in [0.2, 0.25) is 0 Å². The van der Waals surface area contributed by atoms with Gasteiger partial charge in [-0.05, 0) is 75.3 Å². The Labute approximate surface area is 296 Å². The van der Waals surface area contributed by atoms with E-state index in [-0.39, 0.29) is 41.6 Å². The quantitative estimate of drug-likeness (QED) is 0.232. The van der Waals surface area contributed by atoms with Gasteiger partial charge in [-0.1, -0.05) is 44.2 Å². The van der Waals surface area contributed by atoms with Crippen molar-refractivity contribution >= 4 is 25.2 Å². The number of carbonyl (C=O) groups is 3. The summed E-state index contributed by atoms with van der Waals surface area (Å²) in [5, 5.41) is 13.0. The van der Waals surface area contributed by atoms with Gasteiger partial charge in [0.15, 0.2) is 0 Å². The van der Waals surface area contributed by atoms with Gasteiger partial charge < -0.3 is 33.9 Å². The standard InChI is InChI=1S/C37H52BN5O7/c1-35(2,43-16-14-41(15-17-43)34(46)47-6)21-27(22-39)32(44)42-13-12-26(23-42)24-48-33(45)40-31(18-25-10-8-7-9-11-25)38-49-30-20-28-19-29(36(28,3)4)37(30,5)50-38/h7-11,21,26,28-31H,12-20,23-24H2,1-6H3,(H,40,45)/t26-,28-,29-,30+,31?,37-/m0/s1. The number of rotatable bonds is 9. The van der Waals surface area contributed by atoms with Crippen LogP contribution in [0.4, 0.5) is 9.59 Å². The second kappa shape index (κ2) is 14.2. The van der Waals surface area contributed by atoms with Gasteiger partial charge in [-0.25, -0.2) is 9.59 Å². The number of hydrogen-bond donors (Lipinski definition) is 1. The highest BCUT2D eigenvalue weighted by atomic mass is 16.7. The van der Waals surface area contributed by atoms with E-state index in [1.807, 2.05) is 44.2 Å². The second-order valence-electron chi connectivity index (χ2n) is 16.0. The number of carbonyl (C=O) groups excluding carboxylic acids is 3. The molecule has 1 unspecified atom stereocenters. The summed E-state index contributed by atoms with van der Waals surface area (Å²) < 4.78 is 23.9. The topological polar surface area (TPSA) is 134 Å². The van der Waals surface area contributed by atoms with Crippen molar-refractivity contribution in [2.45, 2.75) is 83.5 Å². The molecule has 50 heavy (non-hydrogen) atoms. The lowest BCUT2D eigenvalue weighted by Gasteiger charge is -2.64. The molecule has 0 spiro atoms. The van der Waals surface area contributed by atoms with Gasteiger partial charge in [0.25, 0.3) is 5.91 Å². The molecule has 3 saturated carbocycles. The largest absolute Gasteiger partial charge is 0.482 e. The second-order valence-corrected chi connectivity index (χ2v) is 16.0. The molecule has 270 valence electrons. The molecule has 1 aromatic rings. The summed E-state index contributed by atoms with van der Waals surface area (Å²) in [4.78, 5) is 44.1. The van der Waals surface area contributed by atoms with Crippen molar-refractivity contribution in [3.8, 4) is 6.07 Å². The number of likely N-dealkylation sites (tertiary alicyclic amines) is 1. The van der Waals surface area contributed by atoms with Crippen LogP contribution in [0.5, 0.6) is 0 Å². The maximum atomic E-state index is 13.5. The molecule has 12 nitrogen and oxygen atoms in total. The van der Waals surface area contributed by atoms with Crippen LogP contribution in [-0.4, -0.2) is 116 Å². The van der Waals surface area contributed by atoms with Crippen molar-refractivity contribution in [1.82, 2.24) is 20.0 Å². The summed E-state index contributed by atoms with van der Waals surface area (Å²) in [7, 11) is 0.775. The van der Waals surface area contributed by atoms with E-state index in [9.17, 15) is 19.6 Å². The van der Waals surface area contributed by atoms with Crippen LogP contribution < -0.4 is 5.32 Å². The lowest BCUT2D eigenvalue weighted by atomic mass is 9.43. The maximum Gasteiger partial charge on any atom is 0.482 e. The van der Waals surface area contributed by atoms with Crippen LogP contribution in [0.25, 0.3) is 0 Å². The van der Waals surface area contributed by atoms with E-state index < -0.39 is 30.3 Å². The lowest BCUT2D eigenvalue weighted by Crippen LogP contribution is -2.65. The Balaban J connectivity index is 1.03. The Morgan fingerprint density at radius 1 is 1.10 bits per heavy atom. The minimum atomic E-state index is -0.593. The molecular formula is C37H52BN5O7. The summed E-state index contributed by atoms with van der Waals surface area (Å²) >= 11 is 0. The van der Waals surface area contributed by atoms with E-state index in [1.165, 1.54) is 7.11 Å². The number of hydrogen-bond acceptors (Lipinski definition) is 9. The highest BCUT2D eigenvalue weighted by Gasteiger charge is 2.68. The first-order valence-electron chi connectivity index (χ1n) is 18.1. The molecule has 3 amide bonds. The van der Waals surface area contributed by atoms with Gasteiger partial charge in [-0.15, -0.1) is 0 Å². The molecule has 1 N–H and O–H groups in total. The molecule has 2 bridgehead atoms. The van der Waals surface area contributed by atoms with Gasteiger partial charge in [0.2, 0.25) is 0 Å². The minimum Gasteiger partial charge on any atom is -0.453 e. The van der Waals surface area contributed by atoms with Crippen LogP contribution in [0, 0.1) is 34.5 Å². The number of alkyl carbamates (subject to hydrolysis) is 1. The molecular weight excluding hydrogens is 637 g/mol. The minimum absolute atomic E-state index is 0.00269. The van der Waals surface area contributed by atoms with Crippen LogP contribution in [0.3, 0.4) is 0 Å². The first kappa shape index (κ1) is 36.2. The number of nitriles is 1. The monoisotopic (exact) mass is 689 g/mol. The van der Waals surface area contributed by atoms with Crippen molar-refractivity contribution in [3.63, 3.8) is 0 Å². The molecule has 7 rings (SSSR count). The highest BCUT2D eigenvalue weighted by Crippen LogP contribution is 2.65. The van der Waals surface area contributed by atoms with Crippen LogP contribution in [-0.2, 0) is 30.0 Å². The van der Waals surface area contributed by atoms with E-state index in [0.717, 1.165) is 18.4 Å². The van der Waals surface area contributed by atoms with E-state index >= 15 is 0 Å². The maximum absolute atomic E-state index is 13.5. The van der Waals surface area contributed by atoms with Crippen molar-refractivity contribution in [3.05, 3.63) is 47.5 Å². The van der Waals surface area contributed by atoms with Crippen LogP contribution in [0.1, 0.15) is 59.4 Å². The van der Waals surface area contributed by atoms with Gasteiger partial charge >= 0.3 is 19.3 Å². The van der Waals surface area contributed by atoms with Gasteiger partial charge in [0.1, 0.15) is 11.6 Å². The van der Waals surface area contributed by atoms with Gasteiger partial charge in [0, 0.05) is 50.7 Å². The highest BCUT2D eigenvalue weighted by molar-refractivity contribution is 6.47. The van der Waals surface area contributed by atoms with Crippen LogP contribution >= 0.6 is 0 Å². The molecule has 3 saturated heterocycles. The van der Waals surface area contributed by atoms with Gasteiger partial charge in [-0.3, -0.25) is 9.69 Å². The fourth-order valence-electron chi connectivity index (χ4n) is 9.05. The predicted octanol–water partition coefficient (Wildman–Crippen LogP) is 4.05. The van der Waals surface area contributed by atoms with E-state index in [1.54, 1.807) is 15.9 Å². The average molecular weight is 690 g/mol. The number of piperazine rings is 1. The molecule has 13 heteroatoms. The zero-order valence-corrected chi connectivity index (χ0v) is 30.4. The Hall–Kier alpha value is -3.60. The fraction of sp³-hybridized carbons (Fsp3) is 0.676. The van der Waals surface area contributed by atoms with E-state index in [4.69, 9.17) is 18.8 Å². The number of methoxy groups -OCH3 is 1. The fourth-order valence-corrected chi connectivity index (χ4v) is 9.05. The summed E-state index contributed by atoms with van der Waals surface area (Å²) in [6.45, 7) is 14.0. The van der Waals surface area contributed by atoms with Crippen LogP contribution in [0.15, 0.2) is 42.0 Å². The Morgan fingerprint density at radius 3 is 2.48 bits per heavy atom. The Morgan fingerprint density at radius 2 is 1.82 bits per heavy atom. The van der Waals surface area contributed by atoms with E-state index in [0.29, 0.717) is 63.9 Å². The third-order valence-electron chi connectivity index (χ3n) is 12.3. The Kier molecular flexibility index (Phi) is 10.3. The van der Waals surface area contributed by atoms with Crippen molar-refractivity contribution in [2.24, 2.45) is 23.2 Å². The first-order chi connectivity index (χ1) is 23.7. The van der Waals surface area contributed by atoms with Crippen molar-refractivity contribution < 1.29 is 33.2 Å². The molecule has 3 aliphatic carbocycles. The predicted molar refractivity (Wildman–Crippen MR) is 187 cm³/mol. The third kappa shape index (κ3) is 7.12. The van der Waals surface area contributed by atoms with Gasteiger partial charge in [0.05, 0.1) is 31.4 Å². The SMILES string of the molecule is COC(=O)N1CCN(C(C)(C)C=C(C#N)C(=O)N2CC[C@H](COC(=O)NC(Cc3ccccc3)B3O[C@@H]4C[C@@H]5C[C@@H](C5(C)C)[C@]4(C)O3)C2)CC1. The lowest BCUT2D eigenvalue weighted by molar-refractivity contribution is -0.199. The van der Waals surface area contributed by atoms with E-state index in [2.05, 4.69) is 37.1 Å². The zero-order chi connectivity index (χ0) is 35.8. The molecule has 1 aromatic carbocycles. The van der Waals surface area contributed by atoms with Gasteiger partial charge in [-0.2, -0.15) is 5.26 Å². The number of benzene rings is 1. The molecule has 0 radical (unpaired) electrons. The summed E-state index contributed by atoms with van der Waals surface area (Å²) in [5.41, 5.74) is 0.393. The normalized spacial score (nSPS) is 29.8. The molecule has 3 aliphatic heterocycles. The molecule has 6 aliphatic rings. The van der Waals surface area contributed by atoms with Crippen molar-refractivity contribution in [2.75, 3.05) is 53.0 Å². The smallest absolute Gasteiger partial charge is 0.453 e. The molecule has 0 aromatic heterocycles.